The summed E-state index contributed by atoms with van der Waals surface area (Å²) in [6, 6.07) is 15.7. The number of benzene rings is 2. The van der Waals surface area contributed by atoms with Gasteiger partial charge in [0.05, 0.1) is 6.61 Å². The molecule has 2 aromatic carbocycles. The van der Waals surface area contributed by atoms with E-state index in [1.165, 1.54) is 0 Å². The fraction of sp³-hybridized carbons (Fsp3) is 0.516. The van der Waals surface area contributed by atoms with Crippen molar-refractivity contribution in [3.8, 4) is 11.1 Å². The van der Waals surface area contributed by atoms with Gasteiger partial charge in [0.2, 0.25) is 0 Å². The van der Waals surface area contributed by atoms with Gasteiger partial charge in [-0.25, -0.2) is 14.4 Å². The Labute approximate surface area is 230 Å². The maximum absolute atomic E-state index is 13.5. The minimum atomic E-state index is -0.700. The molecule has 0 N–H and O–H groups in total. The van der Waals surface area contributed by atoms with E-state index in [0.717, 1.165) is 22.3 Å². The van der Waals surface area contributed by atoms with Crippen molar-refractivity contribution in [1.82, 2.24) is 9.80 Å². The summed E-state index contributed by atoms with van der Waals surface area (Å²) in [5.41, 5.74) is 3.77. The van der Waals surface area contributed by atoms with E-state index in [2.05, 4.69) is 24.3 Å². The van der Waals surface area contributed by atoms with Crippen molar-refractivity contribution >= 4 is 18.2 Å². The summed E-state index contributed by atoms with van der Waals surface area (Å²) in [6.45, 7) is 9.18. The van der Waals surface area contributed by atoms with Gasteiger partial charge in [-0.1, -0.05) is 48.5 Å². The second kappa shape index (κ2) is 10.5. The zero-order valence-corrected chi connectivity index (χ0v) is 23.3. The normalized spacial score (nSPS) is 19.9. The summed E-state index contributed by atoms with van der Waals surface area (Å²) < 4.78 is 16.8. The van der Waals surface area contributed by atoms with Crippen molar-refractivity contribution in [2.45, 2.75) is 64.5 Å². The molecule has 0 radical (unpaired) electrons. The van der Waals surface area contributed by atoms with E-state index in [1.54, 1.807) is 16.7 Å². The van der Waals surface area contributed by atoms with Crippen molar-refractivity contribution in [3.63, 3.8) is 0 Å². The van der Waals surface area contributed by atoms with Crippen LogP contribution in [-0.2, 0) is 19.0 Å². The molecule has 0 bridgehead atoms. The van der Waals surface area contributed by atoms with E-state index < -0.39 is 23.7 Å². The van der Waals surface area contributed by atoms with Gasteiger partial charge in [0, 0.05) is 25.6 Å². The number of rotatable bonds is 4. The molecule has 2 saturated heterocycles. The molecule has 1 spiro atoms. The van der Waals surface area contributed by atoms with E-state index in [1.807, 2.05) is 45.0 Å². The van der Waals surface area contributed by atoms with Gasteiger partial charge in [0.15, 0.2) is 0 Å². The van der Waals surface area contributed by atoms with Crippen molar-refractivity contribution in [1.29, 1.82) is 0 Å². The van der Waals surface area contributed by atoms with Crippen LogP contribution < -0.4 is 0 Å². The van der Waals surface area contributed by atoms with Crippen LogP contribution in [0.25, 0.3) is 11.1 Å². The topological polar surface area (TPSA) is 85.4 Å². The Bertz CT molecular complexity index is 1200. The molecular weight excluding hydrogens is 496 g/mol. The molecule has 0 aromatic heterocycles. The largest absolute Gasteiger partial charge is 0.464 e. The van der Waals surface area contributed by atoms with Crippen molar-refractivity contribution in [2.75, 3.05) is 32.8 Å². The number of carbonyl (C=O) groups excluding carboxylic acids is 3. The molecule has 2 fully saturated rings. The highest BCUT2D eigenvalue weighted by molar-refractivity contribution is 5.83. The third kappa shape index (κ3) is 5.47. The smallest absolute Gasteiger partial charge is 0.410 e. The Kier molecular flexibility index (Phi) is 7.31. The van der Waals surface area contributed by atoms with Crippen LogP contribution >= 0.6 is 0 Å². The number of hydrogen-bond donors (Lipinski definition) is 0. The van der Waals surface area contributed by atoms with Gasteiger partial charge in [-0.15, -0.1) is 0 Å². The van der Waals surface area contributed by atoms with E-state index in [0.29, 0.717) is 38.9 Å². The molecular formula is C31H38N2O6. The third-order valence-corrected chi connectivity index (χ3v) is 8.11. The van der Waals surface area contributed by atoms with Crippen molar-refractivity contribution < 1.29 is 28.6 Å². The number of piperidine rings is 1. The summed E-state index contributed by atoms with van der Waals surface area (Å²) in [6.07, 6.45) is 1.02. The van der Waals surface area contributed by atoms with E-state index in [9.17, 15) is 14.4 Å². The number of fused-ring (bicyclic) bond motifs is 3. The number of hydrogen-bond acceptors (Lipinski definition) is 6. The second-order valence-corrected chi connectivity index (χ2v) is 11.9. The standard InChI is InChI=1S/C31H38N2O6/c1-5-37-27(34)26-18-31(14-16-32(17-15-31)28(35)39-30(2,3)4)20-33(26)29(36)38-19-25-23-12-8-6-10-21(23)22-11-7-9-13-24(22)25/h6-13,25-26H,5,14-20H2,1-4H3. The van der Waals surface area contributed by atoms with Crippen molar-refractivity contribution in [2.24, 2.45) is 5.41 Å². The molecule has 8 heteroatoms. The number of nitrogens with zero attached hydrogens (tertiary/aromatic N) is 2. The van der Waals surface area contributed by atoms with Gasteiger partial charge in [0.1, 0.15) is 18.2 Å². The van der Waals surface area contributed by atoms with Crippen molar-refractivity contribution in [3.05, 3.63) is 59.7 Å². The summed E-state index contributed by atoms with van der Waals surface area (Å²) in [7, 11) is 0. The lowest BCUT2D eigenvalue weighted by Gasteiger charge is -2.39. The molecule has 1 aliphatic carbocycles. The molecule has 1 atom stereocenters. The average molecular weight is 535 g/mol. The molecule has 0 saturated carbocycles. The highest BCUT2D eigenvalue weighted by Crippen LogP contribution is 2.46. The maximum Gasteiger partial charge on any atom is 0.410 e. The van der Waals surface area contributed by atoms with Crippen LogP contribution in [0.4, 0.5) is 9.59 Å². The second-order valence-electron chi connectivity index (χ2n) is 11.9. The Balaban J connectivity index is 1.28. The molecule has 5 rings (SSSR count). The van der Waals surface area contributed by atoms with Gasteiger partial charge < -0.3 is 19.1 Å². The number of esters is 1. The fourth-order valence-corrected chi connectivity index (χ4v) is 6.23. The predicted molar refractivity (Wildman–Crippen MR) is 146 cm³/mol. The summed E-state index contributed by atoms with van der Waals surface area (Å²) in [4.78, 5) is 42.3. The van der Waals surface area contributed by atoms with Gasteiger partial charge in [0.25, 0.3) is 0 Å². The van der Waals surface area contributed by atoms with E-state index in [4.69, 9.17) is 14.2 Å². The zero-order valence-electron chi connectivity index (χ0n) is 23.3. The molecule has 3 aliphatic rings. The molecule has 8 nitrogen and oxygen atoms in total. The van der Waals surface area contributed by atoms with Crippen LogP contribution in [0.1, 0.15) is 64.0 Å². The van der Waals surface area contributed by atoms with Gasteiger partial charge >= 0.3 is 18.2 Å². The Morgan fingerprint density at radius 1 is 0.897 bits per heavy atom. The number of likely N-dealkylation sites (tertiary alicyclic amines) is 2. The predicted octanol–water partition coefficient (Wildman–Crippen LogP) is 5.59. The van der Waals surface area contributed by atoms with E-state index in [-0.39, 0.29) is 30.6 Å². The lowest BCUT2D eigenvalue weighted by Crippen LogP contribution is -2.46. The highest BCUT2D eigenvalue weighted by Gasteiger charge is 2.51. The summed E-state index contributed by atoms with van der Waals surface area (Å²) in [5, 5.41) is 0. The Morgan fingerprint density at radius 3 is 2.05 bits per heavy atom. The first kappa shape index (κ1) is 27.0. The highest BCUT2D eigenvalue weighted by atomic mass is 16.6. The number of ether oxygens (including phenoxy) is 3. The molecule has 2 amide bonds. The van der Waals surface area contributed by atoms with Gasteiger partial charge in [-0.05, 0) is 74.6 Å². The molecule has 2 heterocycles. The van der Waals surface area contributed by atoms with E-state index >= 15 is 0 Å². The first-order chi connectivity index (χ1) is 18.6. The van der Waals surface area contributed by atoms with Crippen LogP contribution in [-0.4, -0.2) is 72.4 Å². The minimum absolute atomic E-state index is 0.0592. The van der Waals surface area contributed by atoms with Crippen LogP contribution in [0, 0.1) is 5.41 Å². The lowest BCUT2D eigenvalue weighted by atomic mass is 9.76. The van der Waals surface area contributed by atoms with Crippen LogP contribution in [0.3, 0.4) is 0 Å². The number of amides is 2. The maximum atomic E-state index is 13.5. The van der Waals surface area contributed by atoms with Crippen LogP contribution in [0.15, 0.2) is 48.5 Å². The average Bonchev–Trinajstić information content (AvgIpc) is 3.43. The van der Waals surface area contributed by atoms with Gasteiger partial charge in [-0.2, -0.15) is 0 Å². The molecule has 1 unspecified atom stereocenters. The molecule has 39 heavy (non-hydrogen) atoms. The summed E-state index contributed by atoms with van der Waals surface area (Å²) in [5.74, 6) is -0.464. The Morgan fingerprint density at radius 2 is 1.49 bits per heavy atom. The van der Waals surface area contributed by atoms with Crippen LogP contribution in [0.5, 0.6) is 0 Å². The molecule has 2 aliphatic heterocycles. The van der Waals surface area contributed by atoms with Gasteiger partial charge in [-0.3, -0.25) is 4.90 Å². The first-order valence-corrected chi connectivity index (χ1v) is 13.9. The minimum Gasteiger partial charge on any atom is -0.464 e. The van der Waals surface area contributed by atoms with Crippen LogP contribution in [0.2, 0.25) is 0 Å². The molecule has 208 valence electrons. The quantitative estimate of drug-likeness (QED) is 0.376. The zero-order chi connectivity index (χ0) is 27.8. The fourth-order valence-electron chi connectivity index (χ4n) is 6.23. The molecule has 2 aromatic rings. The summed E-state index contributed by atoms with van der Waals surface area (Å²) >= 11 is 0. The first-order valence-electron chi connectivity index (χ1n) is 13.9. The number of carbonyl (C=O) groups is 3. The third-order valence-electron chi connectivity index (χ3n) is 8.11. The Hall–Kier alpha value is -3.55. The lowest BCUT2D eigenvalue weighted by molar-refractivity contribution is -0.148. The SMILES string of the molecule is CCOC(=O)C1CC2(CCN(C(=O)OC(C)(C)C)CC2)CN1C(=O)OCC1c2ccccc2-c2ccccc21. The monoisotopic (exact) mass is 534 g/mol.